The Morgan fingerprint density at radius 2 is 2.05 bits per heavy atom. The molecule has 1 aromatic carbocycles. The molecule has 0 saturated heterocycles. The fourth-order valence-electron chi connectivity index (χ4n) is 1.66. The quantitative estimate of drug-likeness (QED) is 0.836. The molecule has 0 saturated carbocycles. The third kappa shape index (κ3) is 3.36. The molecule has 2 aromatic rings. The summed E-state index contributed by atoms with van der Waals surface area (Å²) >= 11 is 3.31. The number of ether oxygens (including phenoxy) is 1. The van der Waals surface area contributed by atoms with Gasteiger partial charge >= 0.3 is 6.09 Å². The number of rotatable bonds is 1. The molecular weight excluding hydrogens is 326 g/mol. The van der Waals surface area contributed by atoms with Crippen molar-refractivity contribution >= 4 is 38.8 Å². The monoisotopic (exact) mass is 339 g/mol. The van der Waals surface area contributed by atoms with Crippen molar-refractivity contribution < 1.29 is 14.3 Å². The summed E-state index contributed by atoms with van der Waals surface area (Å²) in [6, 6.07) is 3.43. The Hall–Kier alpha value is -1.89. The van der Waals surface area contributed by atoms with E-state index in [1.54, 1.807) is 33.0 Å². The van der Waals surface area contributed by atoms with Crippen LogP contribution in [0.25, 0.3) is 10.9 Å². The van der Waals surface area contributed by atoms with Crippen LogP contribution in [0.3, 0.4) is 0 Å². The zero-order valence-corrected chi connectivity index (χ0v) is 12.9. The lowest BCUT2D eigenvalue weighted by Crippen LogP contribution is -2.36. The molecule has 0 fully saturated rings. The van der Waals surface area contributed by atoms with Gasteiger partial charge in [0.05, 0.1) is 17.3 Å². The van der Waals surface area contributed by atoms with Gasteiger partial charge in [0.1, 0.15) is 5.60 Å². The van der Waals surface area contributed by atoms with Crippen LogP contribution >= 0.6 is 15.9 Å². The van der Waals surface area contributed by atoms with Gasteiger partial charge in [-0.2, -0.15) is 5.10 Å². The number of aromatic nitrogens is 2. The number of amides is 2. The standard InChI is InChI=1S/C13H14BrN3O3/c1-13(2,3)20-12(19)16-11(18)9-5-8(14)4-7-6-15-17-10(7)9/h4-6H,1-3H3,(H,15,17)(H,16,18,19). The number of carbonyl (C=O) groups excluding carboxylic acids is 2. The Morgan fingerprint density at radius 3 is 2.70 bits per heavy atom. The van der Waals surface area contributed by atoms with E-state index in [0.29, 0.717) is 11.1 Å². The van der Waals surface area contributed by atoms with Gasteiger partial charge in [-0.15, -0.1) is 0 Å². The number of nitrogens with one attached hydrogen (secondary N) is 2. The van der Waals surface area contributed by atoms with Crippen LogP contribution < -0.4 is 5.32 Å². The number of halogens is 1. The lowest BCUT2D eigenvalue weighted by Gasteiger charge is -2.19. The number of aromatic amines is 1. The molecule has 2 amide bonds. The zero-order chi connectivity index (χ0) is 14.9. The van der Waals surface area contributed by atoms with Gasteiger partial charge in [-0.3, -0.25) is 15.2 Å². The van der Waals surface area contributed by atoms with Crippen LogP contribution in [0.4, 0.5) is 4.79 Å². The van der Waals surface area contributed by atoms with Crippen LogP contribution in [0, 0.1) is 0 Å². The Bertz CT molecular complexity index is 673. The van der Waals surface area contributed by atoms with E-state index < -0.39 is 17.6 Å². The van der Waals surface area contributed by atoms with Crippen molar-refractivity contribution in [2.45, 2.75) is 26.4 Å². The summed E-state index contributed by atoms with van der Waals surface area (Å²) in [6.45, 7) is 5.18. The molecule has 0 aliphatic rings. The molecule has 106 valence electrons. The number of alkyl carbamates (subject to hydrolysis) is 1. The Morgan fingerprint density at radius 1 is 1.35 bits per heavy atom. The average molecular weight is 340 g/mol. The van der Waals surface area contributed by atoms with Crippen molar-refractivity contribution in [3.05, 3.63) is 28.4 Å². The molecule has 6 nitrogen and oxygen atoms in total. The molecule has 0 aliphatic carbocycles. The lowest BCUT2D eigenvalue weighted by molar-refractivity contribution is 0.0508. The fraction of sp³-hybridized carbons (Fsp3) is 0.308. The van der Waals surface area contributed by atoms with Crippen LogP contribution in [0.15, 0.2) is 22.8 Å². The number of benzene rings is 1. The van der Waals surface area contributed by atoms with E-state index in [0.717, 1.165) is 9.86 Å². The van der Waals surface area contributed by atoms with Crippen molar-refractivity contribution in [1.29, 1.82) is 0 Å². The lowest BCUT2D eigenvalue weighted by atomic mass is 10.1. The summed E-state index contributed by atoms with van der Waals surface area (Å²) in [6.07, 6.45) is 0.819. The van der Waals surface area contributed by atoms with Gasteiger partial charge in [0.15, 0.2) is 0 Å². The first kappa shape index (κ1) is 14.5. The summed E-state index contributed by atoms with van der Waals surface area (Å²) in [5, 5.41) is 9.58. The van der Waals surface area contributed by atoms with Crippen molar-refractivity contribution in [3.8, 4) is 0 Å². The minimum Gasteiger partial charge on any atom is -0.444 e. The Labute approximate surface area is 124 Å². The molecule has 0 aliphatic heterocycles. The van der Waals surface area contributed by atoms with Gasteiger partial charge in [0.25, 0.3) is 5.91 Å². The molecule has 0 bridgehead atoms. The number of nitrogens with zero attached hydrogens (tertiary/aromatic N) is 1. The van der Waals surface area contributed by atoms with E-state index in [9.17, 15) is 9.59 Å². The molecule has 1 aromatic heterocycles. The van der Waals surface area contributed by atoms with E-state index in [2.05, 4.69) is 31.4 Å². The average Bonchev–Trinajstić information content (AvgIpc) is 2.72. The summed E-state index contributed by atoms with van der Waals surface area (Å²) < 4.78 is 5.77. The second kappa shape index (κ2) is 5.24. The number of imide groups is 1. The van der Waals surface area contributed by atoms with Gasteiger partial charge in [0, 0.05) is 9.86 Å². The fourth-order valence-corrected chi connectivity index (χ4v) is 2.14. The van der Waals surface area contributed by atoms with Crippen molar-refractivity contribution in [2.75, 3.05) is 0 Å². The second-order valence-corrected chi connectivity index (χ2v) is 6.16. The molecule has 0 spiro atoms. The summed E-state index contributed by atoms with van der Waals surface area (Å²) in [4.78, 5) is 23.7. The first-order valence-electron chi connectivity index (χ1n) is 5.93. The number of H-pyrrole nitrogens is 1. The van der Waals surface area contributed by atoms with Gasteiger partial charge < -0.3 is 4.74 Å². The maximum absolute atomic E-state index is 12.1. The summed E-state index contributed by atoms with van der Waals surface area (Å²) in [5.41, 5.74) is 0.220. The van der Waals surface area contributed by atoms with E-state index in [1.165, 1.54) is 0 Å². The van der Waals surface area contributed by atoms with E-state index in [-0.39, 0.29) is 0 Å². The molecule has 0 atom stereocenters. The topological polar surface area (TPSA) is 84.1 Å². The summed E-state index contributed by atoms with van der Waals surface area (Å²) in [5.74, 6) is -0.546. The van der Waals surface area contributed by atoms with Crippen molar-refractivity contribution in [3.63, 3.8) is 0 Å². The molecule has 0 unspecified atom stereocenters. The largest absolute Gasteiger partial charge is 0.444 e. The molecule has 0 radical (unpaired) electrons. The minimum atomic E-state index is -0.782. The maximum atomic E-state index is 12.1. The predicted molar refractivity (Wildman–Crippen MR) is 77.5 cm³/mol. The van der Waals surface area contributed by atoms with Crippen LogP contribution in [-0.4, -0.2) is 27.8 Å². The highest BCUT2D eigenvalue weighted by molar-refractivity contribution is 9.10. The molecular formula is C13H14BrN3O3. The number of hydrogen-bond donors (Lipinski definition) is 2. The van der Waals surface area contributed by atoms with Crippen LogP contribution in [0.5, 0.6) is 0 Å². The molecule has 2 N–H and O–H groups in total. The minimum absolute atomic E-state index is 0.317. The molecule has 1 heterocycles. The van der Waals surface area contributed by atoms with Gasteiger partial charge in [-0.25, -0.2) is 4.79 Å². The maximum Gasteiger partial charge on any atom is 0.414 e. The van der Waals surface area contributed by atoms with Gasteiger partial charge in [0.2, 0.25) is 0 Å². The van der Waals surface area contributed by atoms with E-state index >= 15 is 0 Å². The van der Waals surface area contributed by atoms with Crippen molar-refractivity contribution in [2.24, 2.45) is 0 Å². The van der Waals surface area contributed by atoms with E-state index in [4.69, 9.17) is 4.74 Å². The van der Waals surface area contributed by atoms with Gasteiger partial charge in [-0.1, -0.05) is 15.9 Å². The summed E-state index contributed by atoms with van der Waals surface area (Å²) in [7, 11) is 0. The van der Waals surface area contributed by atoms with Crippen LogP contribution in [-0.2, 0) is 4.74 Å². The predicted octanol–water partition coefficient (Wildman–Crippen LogP) is 2.99. The first-order chi connectivity index (χ1) is 9.26. The Balaban J connectivity index is 2.24. The molecule has 7 heteroatoms. The van der Waals surface area contributed by atoms with Gasteiger partial charge in [-0.05, 0) is 32.9 Å². The highest BCUT2D eigenvalue weighted by Crippen LogP contribution is 2.22. The molecule has 20 heavy (non-hydrogen) atoms. The first-order valence-corrected chi connectivity index (χ1v) is 6.72. The highest BCUT2D eigenvalue weighted by atomic mass is 79.9. The van der Waals surface area contributed by atoms with E-state index in [1.807, 2.05) is 6.07 Å². The molecule has 2 rings (SSSR count). The highest BCUT2D eigenvalue weighted by Gasteiger charge is 2.20. The number of carbonyl (C=O) groups is 2. The van der Waals surface area contributed by atoms with Crippen molar-refractivity contribution in [1.82, 2.24) is 15.5 Å². The second-order valence-electron chi connectivity index (χ2n) is 5.24. The zero-order valence-electron chi connectivity index (χ0n) is 11.3. The van der Waals surface area contributed by atoms with Crippen LogP contribution in [0.1, 0.15) is 31.1 Å². The van der Waals surface area contributed by atoms with Crippen LogP contribution in [0.2, 0.25) is 0 Å². The third-order valence-corrected chi connectivity index (χ3v) is 2.83. The number of fused-ring (bicyclic) bond motifs is 1. The number of hydrogen-bond acceptors (Lipinski definition) is 4. The normalized spacial score (nSPS) is 11.4. The SMILES string of the molecule is CC(C)(C)OC(=O)NC(=O)c1cc(Br)cc2cn[nH]c12. The smallest absolute Gasteiger partial charge is 0.414 e. The third-order valence-electron chi connectivity index (χ3n) is 2.37. The Kier molecular flexibility index (Phi) is 3.80.